The molecule has 0 radical (unpaired) electrons. The molecule has 0 saturated heterocycles. The zero-order valence-corrected chi connectivity index (χ0v) is 15.6. The lowest BCUT2D eigenvalue weighted by Gasteiger charge is -2.23. The Morgan fingerprint density at radius 2 is 1.61 bits per heavy atom. The maximum Gasteiger partial charge on any atom is 0.00683 e. The third-order valence-corrected chi connectivity index (χ3v) is 3.38. The molecule has 0 fully saturated rings. The van der Waals surface area contributed by atoms with Crippen molar-refractivity contribution in [2.45, 2.75) is 74.7 Å². The van der Waals surface area contributed by atoms with Crippen LogP contribution in [0.1, 0.15) is 74.7 Å². The zero-order valence-electron chi connectivity index (χ0n) is 14.0. The van der Waals surface area contributed by atoms with Crippen molar-refractivity contribution in [1.29, 1.82) is 0 Å². The molecule has 0 nitrogen and oxygen atoms in total. The second kappa shape index (κ2) is 15.0. The summed E-state index contributed by atoms with van der Waals surface area (Å²) in [6.07, 6.45) is 5.81. The highest BCUT2D eigenvalue weighted by molar-refractivity contribution is 9.09. The van der Waals surface area contributed by atoms with Crippen LogP contribution in [0, 0.1) is 5.41 Å². The van der Waals surface area contributed by atoms with Crippen LogP contribution in [0.3, 0.4) is 0 Å². The summed E-state index contributed by atoms with van der Waals surface area (Å²) in [6.45, 7) is 21.0. The average molecular weight is 319 g/mol. The van der Waals surface area contributed by atoms with Gasteiger partial charge in [0.1, 0.15) is 0 Å². The van der Waals surface area contributed by atoms with E-state index in [4.69, 9.17) is 0 Å². The van der Waals surface area contributed by atoms with Gasteiger partial charge in [0.2, 0.25) is 0 Å². The normalized spacial score (nSPS) is 10.8. The van der Waals surface area contributed by atoms with Crippen molar-refractivity contribution in [2.75, 3.05) is 5.33 Å². The van der Waals surface area contributed by atoms with Gasteiger partial charge in [-0.05, 0) is 38.5 Å². The standard InChI is InChI=1S/C10H20.C5H9Br.C2H6/c1-6-8-9(3)10(4,5)7-2;1-5(2)3-4-6;1-2/h8H,6-7H2,1-5H3;1,3-4H2,2H3;1-2H3/b9-8+;;. The summed E-state index contributed by atoms with van der Waals surface area (Å²) in [6, 6.07) is 0. The smallest absolute Gasteiger partial charge is 0.00683 e. The van der Waals surface area contributed by atoms with Crippen molar-refractivity contribution in [3.63, 3.8) is 0 Å². The van der Waals surface area contributed by atoms with Crippen LogP contribution in [0.2, 0.25) is 0 Å². The summed E-state index contributed by atoms with van der Waals surface area (Å²) in [5.74, 6) is 0. The molecule has 0 aromatic heterocycles. The van der Waals surface area contributed by atoms with Crippen LogP contribution < -0.4 is 0 Å². The molecule has 0 N–H and O–H groups in total. The van der Waals surface area contributed by atoms with E-state index in [1.165, 1.54) is 17.6 Å². The predicted octanol–water partition coefficient (Wildman–Crippen LogP) is 7.15. The van der Waals surface area contributed by atoms with Gasteiger partial charge in [0, 0.05) is 5.33 Å². The van der Waals surface area contributed by atoms with E-state index in [0.29, 0.717) is 5.41 Å². The first-order valence-corrected chi connectivity index (χ1v) is 8.31. The van der Waals surface area contributed by atoms with Crippen molar-refractivity contribution >= 4 is 15.9 Å². The Bertz CT molecular complexity index is 212. The Kier molecular flexibility index (Phi) is 19.3. The molecule has 18 heavy (non-hydrogen) atoms. The molecule has 0 spiro atoms. The first-order chi connectivity index (χ1) is 8.31. The first kappa shape index (κ1) is 23.1. The van der Waals surface area contributed by atoms with Gasteiger partial charge in [-0.2, -0.15) is 0 Å². The highest BCUT2D eigenvalue weighted by atomic mass is 79.9. The molecule has 0 aromatic carbocycles. The largest absolute Gasteiger partial charge is 0.100 e. The van der Waals surface area contributed by atoms with Crippen LogP contribution in [-0.2, 0) is 0 Å². The number of alkyl halides is 1. The second-order valence-electron chi connectivity index (χ2n) is 4.93. The van der Waals surface area contributed by atoms with Gasteiger partial charge < -0.3 is 0 Å². The van der Waals surface area contributed by atoms with E-state index in [0.717, 1.165) is 18.2 Å². The quantitative estimate of drug-likeness (QED) is 0.373. The molecule has 0 aliphatic heterocycles. The molecule has 1 heteroatoms. The van der Waals surface area contributed by atoms with Crippen LogP contribution in [-0.4, -0.2) is 5.33 Å². The summed E-state index contributed by atoms with van der Waals surface area (Å²) >= 11 is 3.29. The van der Waals surface area contributed by atoms with Gasteiger partial charge >= 0.3 is 0 Å². The molecule has 0 aliphatic rings. The Morgan fingerprint density at radius 1 is 1.17 bits per heavy atom. The first-order valence-electron chi connectivity index (χ1n) is 7.19. The lowest BCUT2D eigenvalue weighted by atomic mass is 9.82. The Morgan fingerprint density at radius 3 is 1.78 bits per heavy atom. The van der Waals surface area contributed by atoms with Gasteiger partial charge in [-0.1, -0.05) is 74.7 Å². The van der Waals surface area contributed by atoms with Gasteiger partial charge in [0.05, 0.1) is 0 Å². The van der Waals surface area contributed by atoms with Crippen LogP contribution in [0.15, 0.2) is 23.8 Å². The zero-order chi connectivity index (χ0) is 15.2. The molecule has 0 rings (SSSR count). The fourth-order valence-corrected chi connectivity index (χ4v) is 1.70. The van der Waals surface area contributed by atoms with E-state index in [-0.39, 0.29) is 0 Å². The minimum atomic E-state index is 0.413. The molecular weight excluding hydrogens is 284 g/mol. The molecule has 0 heterocycles. The Labute approximate surface area is 125 Å². The fourth-order valence-electron chi connectivity index (χ4n) is 1.02. The molecule has 110 valence electrons. The number of allylic oxidation sites excluding steroid dienone is 3. The van der Waals surface area contributed by atoms with Crippen molar-refractivity contribution in [3.8, 4) is 0 Å². The van der Waals surface area contributed by atoms with Crippen molar-refractivity contribution in [3.05, 3.63) is 23.8 Å². The molecule has 0 amide bonds. The van der Waals surface area contributed by atoms with Gasteiger partial charge in [-0.3, -0.25) is 0 Å². The number of hydrogen-bond donors (Lipinski definition) is 0. The minimum absolute atomic E-state index is 0.413. The molecule has 0 aromatic rings. The summed E-state index contributed by atoms with van der Waals surface area (Å²) in [5, 5.41) is 1.04. The van der Waals surface area contributed by atoms with Crippen molar-refractivity contribution < 1.29 is 0 Å². The monoisotopic (exact) mass is 318 g/mol. The lowest BCUT2D eigenvalue weighted by Crippen LogP contribution is -2.10. The van der Waals surface area contributed by atoms with Gasteiger partial charge in [0.15, 0.2) is 0 Å². The highest BCUT2D eigenvalue weighted by Gasteiger charge is 2.15. The van der Waals surface area contributed by atoms with Crippen LogP contribution in [0.25, 0.3) is 0 Å². The van der Waals surface area contributed by atoms with E-state index in [9.17, 15) is 0 Å². The molecule has 0 bridgehead atoms. The maximum absolute atomic E-state index is 3.71. The average Bonchev–Trinajstić information content (AvgIpc) is 2.32. The number of hydrogen-bond acceptors (Lipinski definition) is 0. The van der Waals surface area contributed by atoms with E-state index >= 15 is 0 Å². The summed E-state index contributed by atoms with van der Waals surface area (Å²) in [7, 11) is 0. The predicted molar refractivity (Wildman–Crippen MR) is 92.7 cm³/mol. The van der Waals surface area contributed by atoms with Crippen molar-refractivity contribution in [2.24, 2.45) is 5.41 Å². The maximum atomic E-state index is 3.71. The molecular formula is C17H35Br. The highest BCUT2D eigenvalue weighted by Crippen LogP contribution is 2.29. The number of halogens is 1. The molecule has 0 atom stereocenters. The summed E-state index contributed by atoms with van der Waals surface area (Å²) in [5.41, 5.74) is 3.18. The van der Waals surface area contributed by atoms with E-state index < -0.39 is 0 Å². The number of rotatable bonds is 5. The topological polar surface area (TPSA) is 0 Å². The SMILES string of the molecule is C=C(C)CCBr.CC.CC/C=C(\C)C(C)(C)CC. The molecule has 0 aliphatic carbocycles. The third kappa shape index (κ3) is 16.0. The van der Waals surface area contributed by atoms with E-state index in [1.54, 1.807) is 0 Å². The molecule has 0 unspecified atom stereocenters. The van der Waals surface area contributed by atoms with Gasteiger partial charge in [-0.25, -0.2) is 0 Å². The Hall–Kier alpha value is -0.0400. The lowest BCUT2D eigenvalue weighted by molar-refractivity contribution is 0.428. The van der Waals surface area contributed by atoms with Crippen LogP contribution in [0.5, 0.6) is 0 Å². The molecule has 0 saturated carbocycles. The summed E-state index contributed by atoms with van der Waals surface area (Å²) < 4.78 is 0. The second-order valence-corrected chi connectivity index (χ2v) is 5.72. The van der Waals surface area contributed by atoms with Gasteiger partial charge in [-0.15, -0.1) is 6.58 Å². The minimum Gasteiger partial charge on any atom is -0.100 e. The summed E-state index contributed by atoms with van der Waals surface area (Å²) in [4.78, 5) is 0. The van der Waals surface area contributed by atoms with Gasteiger partial charge in [0.25, 0.3) is 0 Å². The van der Waals surface area contributed by atoms with Crippen LogP contribution >= 0.6 is 15.9 Å². The third-order valence-electron chi connectivity index (χ3n) is 2.98. The Balaban J connectivity index is -0.000000241. The van der Waals surface area contributed by atoms with E-state index in [1.807, 2.05) is 20.8 Å². The van der Waals surface area contributed by atoms with Crippen LogP contribution in [0.4, 0.5) is 0 Å². The fraction of sp³-hybridized carbons (Fsp3) is 0.765. The van der Waals surface area contributed by atoms with Crippen molar-refractivity contribution in [1.82, 2.24) is 0 Å². The van der Waals surface area contributed by atoms with E-state index in [2.05, 4.69) is 63.2 Å².